The summed E-state index contributed by atoms with van der Waals surface area (Å²) in [4.78, 5) is 26.3. The largest absolute Gasteiger partial charge is 0.350 e. The van der Waals surface area contributed by atoms with Crippen LogP contribution >= 0.6 is 0 Å². The van der Waals surface area contributed by atoms with E-state index >= 15 is 0 Å². The van der Waals surface area contributed by atoms with Crippen molar-refractivity contribution in [3.8, 4) is 0 Å². The summed E-state index contributed by atoms with van der Waals surface area (Å²) in [7, 11) is 0. The maximum absolute atomic E-state index is 12.6. The third-order valence-electron chi connectivity index (χ3n) is 4.73. The van der Waals surface area contributed by atoms with Crippen molar-refractivity contribution in [2.75, 3.05) is 13.1 Å². The van der Waals surface area contributed by atoms with Crippen molar-refractivity contribution in [3.63, 3.8) is 0 Å². The Morgan fingerprint density at radius 1 is 1.09 bits per heavy atom. The van der Waals surface area contributed by atoms with Gasteiger partial charge in [-0.1, -0.05) is 33.1 Å². The number of hydrogen-bond acceptors (Lipinski definition) is 3. The van der Waals surface area contributed by atoms with E-state index in [1.165, 1.54) is 25.7 Å². The molecule has 1 amide bonds. The first-order valence-corrected chi connectivity index (χ1v) is 9.32. The fourth-order valence-electron chi connectivity index (χ4n) is 3.89. The van der Waals surface area contributed by atoms with Crippen LogP contribution in [0.15, 0.2) is 0 Å². The highest BCUT2D eigenvalue weighted by Crippen LogP contribution is 2.38. The third kappa shape index (κ3) is 6.25. The molecule has 1 saturated carbocycles. The number of likely N-dealkylation sites (tertiary alicyclic amines) is 1. The summed E-state index contributed by atoms with van der Waals surface area (Å²) in [5, 5.41) is 3.10. The molecule has 1 N–H and O–H groups in total. The summed E-state index contributed by atoms with van der Waals surface area (Å²) in [6, 6.07) is -0.132. The lowest BCUT2D eigenvalue weighted by molar-refractivity contribution is -0.133. The van der Waals surface area contributed by atoms with E-state index in [0.717, 1.165) is 13.0 Å². The molecule has 3 atom stereocenters. The number of carbonyl (C=O) groups is 2. The predicted octanol–water partition coefficient (Wildman–Crippen LogP) is 3.40. The maximum Gasteiger partial charge on any atom is 0.237 e. The molecule has 0 spiro atoms. The molecule has 1 aliphatic carbocycles. The lowest BCUT2D eigenvalue weighted by Gasteiger charge is -2.45. The topological polar surface area (TPSA) is 49.4 Å². The van der Waals surface area contributed by atoms with E-state index in [1.54, 1.807) is 6.92 Å². The smallest absolute Gasteiger partial charge is 0.237 e. The Labute approximate surface area is 142 Å². The Bertz CT molecular complexity index is 401. The average molecular weight is 325 g/mol. The summed E-state index contributed by atoms with van der Waals surface area (Å²) in [5.41, 5.74) is -0.220. The van der Waals surface area contributed by atoms with Crippen molar-refractivity contribution in [2.45, 2.75) is 85.2 Å². The van der Waals surface area contributed by atoms with Crippen LogP contribution in [0, 0.1) is 11.8 Å². The van der Waals surface area contributed by atoms with Crippen molar-refractivity contribution in [2.24, 2.45) is 11.8 Å². The first kappa shape index (κ1) is 20.1. The molecule has 1 heterocycles. The van der Waals surface area contributed by atoms with Gasteiger partial charge >= 0.3 is 0 Å². The fraction of sp³-hybridized carbons (Fsp3) is 0.895. The van der Waals surface area contributed by atoms with Crippen molar-refractivity contribution >= 4 is 11.7 Å². The minimum Gasteiger partial charge on any atom is -0.350 e. The molecule has 4 heteroatoms. The number of hydrogen-bond donors (Lipinski definition) is 1. The van der Waals surface area contributed by atoms with Crippen LogP contribution in [-0.4, -0.2) is 41.3 Å². The zero-order valence-electron chi connectivity index (χ0n) is 15.9. The summed E-state index contributed by atoms with van der Waals surface area (Å²) >= 11 is 0. The predicted molar refractivity (Wildman–Crippen MR) is 95.4 cm³/mol. The molecule has 23 heavy (non-hydrogen) atoms. The quantitative estimate of drug-likeness (QED) is 0.865. The van der Waals surface area contributed by atoms with Gasteiger partial charge in [0.2, 0.25) is 5.91 Å². The number of carbonyl (C=O) groups excluding carboxylic acids is 2. The van der Waals surface area contributed by atoms with Gasteiger partial charge < -0.3 is 5.32 Å². The SMILES string of the molecule is CC.CC(=O)CN1CC2CCCCC2CC1C(=O)NC(C)(C)C. The first-order valence-electron chi connectivity index (χ1n) is 9.32. The number of Topliss-reactive ketones (excluding diaryl/α,β-unsaturated/α-hetero) is 1. The standard InChI is InChI=1S/C17H30N2O2.C2H6/c1-12(20)10-19-11-14-8-6-5-7-13(14)9-15(19)16(21)18-17(2,3)4;1-2/h13-15H,5-11H2,1-4H3,(H,18,21);1-2H3. The summed E-state index contributed by atoms with van der Waals surface area (Å²) in [6.45, 7) is 13.0. The van der Waals surface area contributed by atoms with Gasteiger partial charge in [0.1, 0.15) is 5.78 Å². The minimum atomic E-state index is -0.220. The lowest BCUT2D eigenvalue weighted by Crippen LogP contribution is -2.58. The average Bonchev–Trinajstić information content (AvgIpc) is 2.46. The molecule has 3 unspecified atom stereocenters. The van der Waals surface area contributed by atoms with Crippen LogP contribution in [0.5, 0.6) is 0 Å². The molecule has 1 aliphatic heterocycles. The fourth-order valence-corrected chi connectivity index (χ4v) is 3.89. The van der Waals surface area contributed by atoms with E-state index in [2.05, 4.69) is 10.2 Å². The number of ketones is 1. The van der Waals surface area contributed by atoms with E-state index in [0.29, 0.717) is 18.4 Å². The van der Waals surface area contributed by atoms with Crippen LogP contribution in [0.4, 0.5) is 0 Å². The summed E-state index contributed by atoms with van der Waals surface area (Å²) < 4.78 is 0. The molecular formula is C19H36N2O2. The minimum absolute atomic E-state index is 0.0905. The summed E-state index contributed by atoms with van der Waals surface area (Å²) in [5.74, 6) is 1.58. The number of rotatable bonds is 3. The van der Waals surface area contributed by atoms with Crippen LogP contribution in [0.2, 0.25) is 0 Å². The molecule has 0 radical (unpaired) electrons. The third-order valence-corrected chi connectivity index (χ3v) is 4.73. The molecule has 0 bridgehead atoms. The van der Waals surface area contributed by atoms with Gasteiger partial charge in [-0.15, -0.1) is 0 Å². The van der Waals surface area contributed by atoms with Crippen molar-refractivity contribution in [1.82, 2.24) is 10.2 Å². The Morgan fingerprint density at radius 3 is 2.17 bits per heavy atom. The van der Waals surface area contributed by atoms with E-state index < -0.39 is 0 Å². The Hall–Kier alpha value is -0.900. The Morgan fingerprint density at radius 2 is 1.65 bits per heavy atom. The van der Waals surface area contributed by atoms with Gasteiger partial charge in [-0.05, 0) is 52.4 Å². The lowest BCUT2D eigenvalue weighted by atomic mass is 9.72. The van der Waals surface area contributed by atoms with Gasteiger partial charge in [-0.25, -0.2) is 0 Å². The summed E-state index contributed by atoms with van der Waals surface area (Å²) in [6.07, 6.45) is 6.01. The van der Waals surface area contributed by atoms with E-state index in [4.69, 9.17) is 0 Å². The molecule has 4 nitrogen and oxygen atoms in total. The van der Waals surface area contributed by atoms with E-state index in [-0.39, 0.29) is 23.3 Å². The number of fused-ring (bicyclic) bond motifs is 1. The van der Waals surface area contributed by atoms with Crippen LogP contribution in [0.3, 0.4) is 0 Å². The molecule has 2 aliphatic rings. The van der Waals surface area contributed by atoms with Crippen molar-refractivity contribution in [1.29, 1.82) is 0 Å². The molecule has 0 aromatic rings. The molecule has 134 valence electrons. The molecule has 0 aromatic heterocycles. The monoisotopic (exact) mass is 324 g/mol. The highest BCUT2D eigenvalue weighted by atomic mass is 16.2. The number of nitrogens with one attached hydrogen (secondary N) is 1. The molecule has 2 rings (SSSR count). The van der Waals surface area contributed by atoms with Crippen LogP contribution < -0.4 is 5.32 Å². The maximum atomic E-state index is 12.6. The second-order valence-electron chi connectivity index (χ2n) is 7.93. The second kappa shape index (κ2) is 8.81. The highest BCUT2D eigenvalue weighted by Gasteiger charge is 2.40. The van der Waals surface area contributed by atoms with Crippen LogP contribution in [-0.2, 0) is 9.59 Å². The van der Waals surface area contributed by atoms with Gasteiger partial charge in [0, 0.05) is 12.1 Å². The van der Waals surface area contributed by atoms with Gasteiger partial charge in [0.15, 0.2) is 0 Å². The number of amides is 1. The molecule has 2 fully saturated rings. The van der Waals surface area contributed by atoms with Crippen molar-refractivity contribution in [3.05, 3.63) is 0 Å². The number of piperidine rings is 1. The molecule has 1 saturated heterocycles. The second-order valence-corrected chi connectivity index (χ2v) is 7.93. The van der Waals surface area contributed by atoms with Gasteiger partial charge in [0.05, 0.1) is 12.6 Å². The number of nitrogens with zero attached hydrogens (tertiary/aromatic N) is 1. The Balaban J connectivity index is 0.00000127. The van der Waals surface area contributed by atoms with Gasteiger partial charge in [-0.2, -0.15) is 0 Å². The van der Waals surface area contributed by atoms with Gasteiger partial charge in [-0.3, -0.25) is 14.5 Å². The van der Waals surface area contributed by atoms with Gasteiger partial charge in [0.25, 0.3) is 0 Å². The molecule has 0 aromatic carbocycles. The molecular weight excluding hydrogens is 288 g/mol. The van der Waals surface area contributed by atoms with E-state index in [1.807, 2.05) is 34.6 Å². The zero-order chi connectivity index (χ0) is 17.6. The van der Waals surface area contributed by atoms with Crippen LogP contribution in [0.25, 0.3) is 0 Å². The zero-order valence-corrected chi connectivity index (χ0v) is 15.9. The normalized spacial score (nSPS) is 28.2. The Kier molecular flexibility index (Phi) is 7.72. The first-order chi connectivity index (χ1) is 10.8. The highest BCUT2D eigenvalue weighted by molar-refractivity contribution is 5.84. The van der Waals surface area contributed by atoms with Crippen molar-refractivity contribution < 1.29 is 9.59 Å². The van der Waals surface area contributed by atoms with E-state index in [9.17, 15) is 9.59 Å². The van der Waals surface area contributed by atoms with Crippen LogP contribution in [0.1, 0.15) is 73.6 Å².